The van der Waals surface area contributed by atoms with Crippen molar-refractivity contribution in [2.24, 2.45) is 4.99 Å². The van der Waals surface area contributed by atoms with E-state index in [1.165, 1.54) is 0 Å². The summed E-state index contributed by atoms with van der Waals surface area (Å²) in [4.78, 5) is 4.30. The summed E-state index contributed by atoms with van der Waals surface area (Å²) < 4.78 is 11.5. The number of para-hydroxylation sites is 1. The van der Waals surface area contributed by atoms with Crippen molar-refractivity contribution in [3.05, 3.63) is 42.4 Å². The van der Waals surface area contributed by atoms with Crippen LogP contribution in [0.25, 0.3) is 0 Å². The SMILES string of the molecule is CC1(C)OC(=CC=Nc2ccccc2)OC1(C)C. The summed E-state index contributed by atoms with van der Waals surface area (Å²) in [6, 6.07) is 9.76. The number of aliphatic imine (C=N–C) groups is 1. The van der Waals surface area contributed by atoms with Crippen LogP contribution in [0.5, 0.6) is 0 Å². The molecular weight excluding hydrogens is 226 g/mol. The first-order valence-corrected chi connectivity index (χ1v) is 6.08. The molecule has 96 valence electrons. The van der Waals surface area contributed by atoms with Gasteiger partial charge in [0, 0.05) is 12.3 Å². The third kappa shape index (κ3) is 2.55. The van der Waals surface area contributed by atoms with Gasteiger partial charge >= 0.3 is 0 Å². The Kier molecular flexibility index (Phi) is 3.16. The minimum atomic E-state index is -0.334. The highest BCUT2D eigenvalue weighted by molar-refractivity contribution is 5.74. The molecule has 0 radical (unpaired) electrons. The molecular formula is C15H19NO2. The van der Waals surface area contributed by atoms with Crippen LogP contribution in [0.3, 0.4) is 0 Å². The van der Waals surface area contributed by atoms with Crippen molar-refractivity contribution in [1.82, 2.24) is 0 Å². The number of ether oxygens (including phenoxy) is 2. The average molecular weight is 245 g/mol. The molecule has 1 aliphatic heterocycles. The van der Waals surface area contributed by atoms with Gasteiger partial charge in [0.05, 0.1) is 5.69 Å². The normalized spacial score (nSPS) is 20.6. The highest BCUT2D eigenvalue weighted by Crippen LogP contribution is 2.39. The maximum atomic E-state index is 5.75. The van der Waals surface area contributed by atoms with Gasteiger partial charge in [-0.3, -0.25) is 4.99 Å². The van der Waals surface area contributed by atoms with Crippen molar-refractivity contribution in [2.75, 3.05) is 0 Å². The maximum absolute atomic E-state index is 5.75. The first-order chi connectivity index (χ1) is 8.41. The summed E-state index contributed by atoms with van der Waals surface area (Å²) in [7, 11) is 0. The fraction of sp³-hybridized carbons (Fsp3) is 0.400. The van der Waals surface area contributed by atoms with E-state index in [2.05, 4.69) is 4.99 Å². The molecule has 3 nitrogen and oxygen atoms in total. The van der Waals surface area contributed by atoms with E-state index in [0.29, 0.717) is 5.95 Å². The van der Waals surface area contributed by atoms with Gasteiger partial charge in [-0.2, -0.15) is 0 Å². The lowest BCUT2D eigenvalue weighted by atomic mass is 9.90. The van der Waals surface area contributed by atoms with E-state index in [0.717, 1.165) is 5.69 Å². The maximum Gasteiger partial charge on any atom is 0.282 e. The lowest BCUT2D eigenvalue weighted by Gasteiger charge is -2.28. The van der Waals surface area contributed by atoms with E-state index in [1.54, 1.807) is 12.3 Å². The van der Waals surface area contributed by atoms with Gasteiger partial charge in [0.15, 0.2) is 0 Å². The van der Waals surface area contributed by atoms with Gasteiger partial charge in [-0.05, 0) is 39.8 Å². The Labute approximate surface area is 108 Å². The number of benzene rings is 1. The average Bonchev–Trinajstić information content (AvgIpc) is 2.49. The van der Waals surface area contributed by atoms with Gasteiger partial charge in [0.1, 0.15) is 11.2 Å². The number of hydrogen-bond donors (Lipinski definition) is 0. The standard InChI is InChI=1S/C15H19NO2/c1-14(2)15(3,4)18-13(17-14)10-11-16-12-8-6-5-7-9-12/h5-11H,1-4H3. The summed E-state index contributed by atoms with van der Waals surface area (Å²) in [6.07, 6.45) is 3.45. The Bertz CT molecular complexity index is 455. The molecule has 0 aromatic heterocycles. The van der Waals surface area contributed by atoms with Crippen molar-refractivity contribution in [2.45, 2.75) is 38.9 Å². The van der Waals surface area contributed by atoms with E-state index >= 15 is 0 Å². The number of allylic oxidation sites excluding steroid dienone is 1. The second kappa shape index (κ2) is 4.48. The second-order valence-electron chi connectivity index (χ2n) is 5.32. The van der Waals surface area contributed by atoms with Crippen LogP contribution in [0.1, 0.15) is 27.7 Å². The van der Waals surface area contributed by atoms with Crippen molar-refractivity contribution < 1.29 is 9.47 Å². The van der Waals surface area contributed by atoms with Crippen LogP contribution < -0.4 is 0 Å². The molecule has 0 aliphatic carbocycles. The van der Waals surface area contributed by atoms with Gasteiger partial charge in [-0.15, -0.1) is 0 Å². The fourth-order valence-electron chi connectivity index (χ4n) is 1.54. The van der Waals surface area contributed by atoms with Gasteiger partial charge < -0.3 is 9.47 Å². The Morgan fingerprint density at radius 2 is 1.50 bits per heavy atom. The first kappa shape index (κ1) is 12.7. The topological polar surface area (TPSA) is 30.8 Å². The summed E-state index contributed by atoms with van der Waals surface area (Å²) in [5.74, 6) is 0.518. The fourth-order valence-corrected chi connectivity index (χ4v) is 1.54. The van der Waals surface area contributed by atoms with E-state index in [1.807, 2.05) is 58.0 Å². The van der Waals surface area contributed by atoms with E-state index in [9.17, 15) is 0 Å². The molecule has 0 unspecified atom stereocenters. The molecule has 2 rings (SSSR count). The first-order valence-electron chi connectivity index (χ1n) is 6.08. The molecule has 1 heterocycles. The molecule has 1 saturated heterocycles. The molecule has 0 spiro atoms. The van der Waals surface area contributed by atoms with Crippen molar-refractivity contribution in [1.29, 1.82) is 0 Å². The minimum absolute atomic E-state index is 0.334. The molecule has 0 bridgehead atoms. The summed E-state index contributed by atoms with van der Waals surface area (Å²) >= 11 is 0. The second-order valence-corrected chi connectivity index (χ2v) is 5.32. The molecule has 3 heteroatoms. The monoisotopic (exact) mass is 245 g/mol. The number of nitrogens with zero attached hydrogens (tertiary/aromatic N) is 1. The Morgan fingerprint density at radius 3 is 2.06 bits per heavy atom. The lowest BCUT2D eigenvalue weighted by Crippen LogP contribution is -2.41. The highest BCUT2D eigenvalue weighted by atomic mass is 16.7. The number of rotatable bonds is 2. The predicted molar refractivity (Wildman–Crippen MR) is 73.0 cm³/mol. The molecule has 0 amide bonds. The van der Waals surface area contributed by atoms with Crippen molar-refractivity contribution >= 4 is 11.9 Å². The van der Waals surface area contributed by atoms with Gasteiger partial charge in [-0.25, -0.2) is 0 Å². The molecule has 18 heavy (non-hydrogen) atoms. The molecule has 1 fully saturated rings. The van der Waals surface area contributed by atoms with Gasteiger partial charge in [0.2, 0.25) is 0 Å². The van der Waals surface area contributed by atoms with Crippen LogP contribution >= 0.6 is 0 Å². The van der Waals surface area contributed by atoms with Gasteiger partial charge in [-0.1, -0.05) is 18.2 Å². The molecule has 0 atom stereocenters. The summed E-state index contributed by atoms with van der Waals surface area (Å²) in [6.45, 7) is 8.06. The summed E-state index contributed by atoms with van der Waals surface area (Å²) in [5, 5.41) is 0. The van der Waals surface area contributed by atoms with Crippen LogP contribution in [-0.4, -0.2) is 17.4 Å². The smallest absolute Gasteiger partial charge is 0.282 e. The van der Waals surface area contributed by atoms with E-state index in [-0.39, 0.29) is 11.2 Å². The quantitative estimate of drug-likeness (QED) is 0.741. The Hall–Kier alpha value is -1.77. The Balaban J connectivity index is 2.07. The van der Waals surface area contributed by atoms with Crippen LogP contribution in [0.15, 0.2) is 47.3 Å². The highest BCUT2D eigenvalue weighted by Gasteiger charge is 2.48. The molecule has 1 aliphatic rings. The predicted octanol–water partition coefficient (Wildman–Crippen LogP) is 3.83. The minimum Gasteiger partial charge on any atom is -0.455 e. The van der Waals surface area contributed by atoms with Crippen LogP contribution in [-0.2, 0) is 9.47 Å². The lowest BCUT2D eigenvalue weighted by molar-refractivity contribution is 0.00578. The molecule has 0 saturated carbocycles. The van der Waals surface area contributed by atoms with Crippen LogP contribution in [0.4, 0.5) is 5.69 Å². The van der Waals surface area contributed by atoms with Crippen molar-refractivity contribution in [3.8, 4) is 0 Å². The van der Waals surface area contributed by atoms with E-state index in [4.69, 9.17) is 9.47 Å². The van der Waals surface area contributed by atoms with Crippen molar-refractivity contribution in [3.63, 3.8) is 0 Å². The van der Waals surface area contributed by atoms with Crippen LogP contribution in [0.2, 0.25) is 0 Å². The third-order valence-corrected chi connectivity index (χ3v) is 3.35. The zero-order chi connectivity index (χ0) is 13.2. The number of hydrogen-bond acceptors (Lipinski definition) is 3. The zero-order valence-corrected chi connectivity index (χ0v) is 11.3. The molecule has 0 N–H and O–H groups in total. The Morgan fingerprint density at radius 1 is 0.944 bits per heavy atom. The molecule has 1 aromatic carbocycles. The molecule has 1 aromatic rings. The summed E-state index contributed by atoms with van der Waals surface area (Å²) in [5.41, 5.74) is 0.240. The van der Waals surface area contributed by atoms with E-state index < -0.39 is 0 Å². The third-order valence-electron chi connectivity index (χ3n) is 3.35. The zero-order valence-electron chi connectivity index (χ0n) is 11.3. The van der Waals surface area contributed by atoms with Gasteiger partial charge in [0.25, 0.3) is 5.95 Å². The largest absolute Gasteiger partial charge is 0.455 e. The van der Waals surface area contributed by atoms with Crippen LogP contribution in [0, 0.1) is 0 Å².